The molecule has 1 aliphatic heterocycles. The molecule has 5 rings (SSSR count). The molecule has 1 unspecified atom stereocenters. The van der Waals surface area contributed by atoms with Crippen molar-refractivity contribution in [2.75, 3.05) is 13.2 Å². The van der Waals surface area contributed by atoms with Gasteiger partial charge in [-0.3, -0.25) is 0 Å². The molecule has 186 valence electrons. The van der Waals surface area contributed by atoms with Gasteiger partial charge in [0.15, 0.2) is 5.58 Å². The van der Waals surface area contributed by atoms with E-state index in [1.807, 2.05) is 59.0 Å². The van der Waals surface area contributed by atoms with Crippen LogP contribution in [0.25, 0.3) is 22.1 Å². The number of fused-ring (bicyclic) bond motifs is 1. The fourth-order valence-corrected chi connectivity index (χ4v) is 5.48. The lowest BCUT2D eigenvalue weighted by atomic mass is 9.93. The van der Waals surface area contributed by atoms with Gasteiger partial charge < -0.3 is 19.6 Å². The number of ether oxygens (including phenoxy) is 1. The van der Waals surface area contributed by atoms with Crippen LogP contribution < -0.4 is 15.7 Å². The molecule has 1 saturated heterocycles. The van der Waals surface area contributed by atoms with Gasteiger partial charge in [0.25, 0.3) is 0 Å². The zero-order valence-electron chi connectivity index (χ0n) is 19.7. The lowest BCUT2D eigenvalue weighted by molar-refractivity contribution is 0.268. The zero-order chi connectivity index (χ0) is 25.1. The number of rotatable bonds is 7. The quantitative estimate of drug-likeness (QED) is 0.174. The Morgan fingerprint density at radius 3 is 2.56 bits per heavy atom. The van der Waals surface area contributed by atoms with Gasteiger partial charge in [-0.15, -0.1) is 0 Å². The Morgan fingerprint density at radius 1 is 1.06 bits per heavy atom. The van der Waals surface area contributed by atoms with Crippen molar-refractivity contribution in [3.05, 3.63) is 90.8 Å². The van der Waals surface area contributed by atoms with Crippen molar-refractivity contribution < 1.29 is 14.3 Å². The summed E-state index contributed by atoms with van der Waals surface area (Å²) in [5.74, 6) is 0.922. The summed E-state index contributed by atoms with van der Waals surface area (Å²) in [5.41, 5.74) is 3.08. The molecule has 0 bridgehead atoms. The maximum Gasteiger partial charge on any atom is 0.344 e. The topological polar surface area (TPSA) is 71.7 Å². The van der Waals surface area contributed by atoms with Gasteiger partial charge in [0.05, 0.1) is 15.7 Å². The SMILES string of the molecule is O=c1oc2c(I)c(O)ccc2c(Cc2ccc(OCCC3CCCCN3)cc2)c1-c1ccc(Cl)cc1. The lowest BCUT2D eigenvalue weighted by Crippen LogP contribution is -2.35. The van der Waals surface area contributed by atoms with Crippen LogP contribution in [0.1, 0.15) is 36.8 Å². The van der Waals surface area contributed by atoms with Crippen LogP contribution in [0, 0.1) is 3.57 Å². The molecular formula is C29H27ClINO4. The number of nitrogens with one attached hydrogen (secondary N) is 1. The molecule has 2 N–H and O–H groups in total. The summed E-state index contributed by atoms with van der Waals surface area (Å²) in [6.45, 7) is 1.78. The standard InChI is InChI=1S/C29H27ClINO4/c30-20-8-6-19(7-9-20)26-24(23-12-13-25(33)27(31)28(23)36-29(26)34)17-18-4-10-22(11-5-18)35-16-14-21-3-1-2-15-32-21/h4-13,21,32-33H,1-3,14-17H2. The summed E-state index contributed by atoms with van der Waals surface area (Å²) in [7, 11) is 0. The highest BCUT2D eigenvalue weighted by molar-refractivity contribution is 14.1. The number of phenolic OH excluding ortho intramolecular Hbond substituents is 1. The predicted octanol–water partition coefficient (Wildman–Crippen LogP) is 6.93. The highest BCUT2D eigenvalue weighted by atomic mass is 127. The third kappa shape index (κ3) is 5.56. The van der Waals surface area contributed by atoms with Gasteiger partial charge in [-0.25, -0.2) is 4.79 Å². The Hall–Kier alpha value is -2.55. The molecule has 0 radical (unpaired) electrons. The van der Waals surface area contributed by atoms with Gasteiger partial charge in [-0.05, 0) is 108 Å². The number of benzene rings is 3. The normalized spacial score (nSPS) is 15.8. The van der Waals surface area contributed by atoms with E-state index < -0.39 is 5.63 Å². The van der Waals surface area contributed by atoms with E-state index in [9.17, 15) is 9.90 Å². The van der Waals surface area contributed by atoms with Gasteiger partial charge in [0.2, 0.25) is 0 Å². The van der Waals surface area contributed by atoms with E-state index in [1.54, 1.807) is 24.3 Å². The van der Waals surface area contributed by atoms with E-state index >= 15 is 0 Å². The molecule has 0 saturated carbocycles. The van der Waals surface area contributed by atoms with Crippen LogP contribution in [0.4, 0.5) is 0 Å². The van der Waals surface area contributed by atoms with Crippen LogP contribution in [0.2, 0.25) is 5.02 Å². The molecule has 1 fully saturated rings. The molecule has 4 aromatic rings. The largest absolute Gasteiger partial charge is 0.507 e. The first-order chi connectivity index (χ1) is 17.5. The van der Waals surface area contributed by atoms with Gasteiger partial charge in [-0.2, -0.15) is 0 Å². The van der Waals surface area contributed by atoms with Crippen LogP contribution in [0.3, 0.4) is 0 Å². The summed E-state index contributed by atoms with van der Waals surface area (Å²) in [4.78, 5) is 13.2. The second kappa shape index (κ2) is 11.2. The number of hydrogen-bond donors (Lipinski definition) is 2. The molecule has 1 aromatic heterocycles. The zero-order valence-corrected chi connectivity index (χ0v) is 22.6. The Morgan fingerprint density at radius 2 is 1.83 bits per heavy atom. The minimum absolute atomic E-state index is 0.0846. The minimum atomic E-state index is -0.445. The molecule has 1 aliphatic rings. The lowest BCUT2D eigenvalue weighted by Gasteiger charge is -2.23. The fourth-order valence-electron chi connectivity index (χ4n) is 4.77. The maximum atomic E-state index is 13.2. The maximum absolute atomic E-state index is 13.2. The van der Waals surface area contributed by atoms with E-state index in [0.717, 1.165) is 40.8 Å². The first-order valence-electron chi connectivity index (χ1n) is 12.2. The molecular weight excluding hydrogens is 589 g/mol. The third-order valence-electron chi connectivity index (χ3n) is 6.69. The highest BCUT2D eigenvalue weighted by Gasteiger charge is 2.20. The number of piperidine rings is 1. The third-order valence-corrected chi connectivity index (χ3v) is 7.98. The molecule has 0 amide bonds. The van der Waals surface area contributed by atoms with E-state index in [-0.39, 0.29) is 5.75 Å². The average Bonchev–Trinajstić information content (AvgIpc) is 2.89. The first-order valence-corrected chi connectivity index (χ1v) is 13.6. The molecule has 1 atom stereocenters. The molecule has 36 heavy (non-hydrogen) atoms. The molecule has 3 aromatic carbocycles. The van der Waals surface area contributed by atoms with Crippen LogP contribution in [0.15, 0.2) is 69.9 Å². The second-order valence-electron chi connectivity index (χ2n) is 9.13. The van der Waals surface area contributed by atoms with Gasteiger partial charge in [-0.1, -0.05) is 42.3 Å². The van der Waals surface area contributed by atoms with E-state index in [2.05, 4.69) is 5.32 Å². The van der Waals surface area contributed by atoms with E-state index in [4.69, 9.17) is 20.8 Å². The molecule has 0 aliphatic carbocycles. The van der Waals surface area contributed by atoms with Crippen molar-refractivity contribution >= 4 is 45.2 Å². The van der Waals surface area contributed by atoms with Crippen molar-refractivity contribution in [2.45, 2.75) is 38.1 Å². The Labute approximate surface area is 228 Å². The number of hydrogen-bond acceptors (Lipinski definition) is 5. The number of phenols is 1. The summed E-state index contributed by atoms with van der Waals surface area (Å²) >= 11 is 8.10. The second-order valence-corrected chi connectivity index (χ2v) is 10.6. The Kier molecular flexibility index (Phi) is 7.84. The van der Waals surface area contributed by atoms with Crippen LogP contribution >= 0.6 is 34.2 Å². The highest BCUT2D eigenvalue weighted by Crippen LogP contribution is 2.35. The van der Waals surface area contributed by atoms with Crippen LogP contribution in [0.5, 0.6) is 11.5 Å². The minimum Gasteiger partial charge on any atom is -0.507 e. The summed E-state index contributed by atoms with van der Waals surface area (Å²) in [5, 5.41) is 15.1. The van der Waals surface area contributed by atoms with Crippen molar-refractivity contribution in [2.24, 2.45) is 0 Å². The van der Waals surface area contributed by atoms with Gasteiger partial charge in [0.1, 0.15) is 11.5 Å². The Bertz CT molecular complexity index is 1410. The van der Waals surface area contributed by atoms with Crippen LogP contribution in [-0.4, -0.2) is 24.3 Å². The molecule has 2 heterocycles. The molecule has 0 spiro atoms. The van der Waals surface area contributed by atoms with E-state index in [0.29, 0.717) is 38.8 Å². The monoisotopic (exact) mass is 615 g/mol. The smallest absolute Gasteiger partial charge is 0.344 e. The van der Waals surface area contributed by atoms with Crippen molar-refractivity contribution in [3.8, 4) is 22.6 Å². The van der Waals surface area contributed by atoms with Gasteiger partial charge in [0, 0.05) is 16.5 Å². The number of aromatic hydroxyl groups is 1. The predicted molar refractivity (Wildman–Crippen MR) is 152 cm³/mol. The molecule has 7 heteroatoms. The van der Waals surface area contributed by atoms with Crippen molar-refractivity contribution in [1.29, 1.82) is 0 Å². The molecule has 5 nitrogen and oxygen atoms in total. The fraction of sp³-hybridized carbons (Fsp3) is 0.276. The Balaban J connectivity index is 1.44. The van der Waals surface area contributed by atoms with E-state index in [1.165, 1.54) is 19.3 Å². The summed E-state index contributed by atoms with van der Waals surface area (Å²) < 4.78 is 12.2. The van der Waals surface area contributed by atoms with Crippen molar-refractivity contribution in [3.63, 3.8) is 0 Å². The number of halogens is 2. The van der Waals surface area contributed by atoms with Gasteiger partial charge >= 0.3 is 5.63 Å². The first kappa shape index (κ1) is 25.1. The average molecular weight is 616 g/mol. The van der Waals surface area contributed by atoms with Crippen molar-refractivity contribution in [1.82, 2.24) is 5.32 Å². The summed E-state index contributed by atoms with van der Waals surface area (Å²) in [6, 6.07) is 19.2. The van der Waals surface area contributed by atoms with Crippen LogP contribution in [-0.2, 0) is 6.42 Å². The summed E-state index contributed by atoms with van der Waals surface area (Å²) in [6.07, 6.45) is 5.29.